The second kappa shape index (κ2) is 5.49. The van der Waals surface area contributed by atoms with Gasteiger partial charge in [-0.15, -0.1) is 6.58 Å². The summed E-state index contributed by atoms with van der Waals surface area (Å²) in [6.07, 6.45) is 1.85. The van der Waals surface area contributed by atoms with Crippen LogP contribution in [0.15, 0.2) is 40.1 Å². The van der Waals surface area contributed by atoms with E-state index in [0.29, 0.717) is 23.3 Å². The largest absolute Gasteiger partial charge is 0.463 e. The number of aryl methyl sites for hydroxylation is 1. The molecule has 0 radical (unpaired) electrons. The Morgan fingerprint density at radius 1 is 1.38 bits per heavy atom. The Morgan fingerprint density at radius 3 is 2.71 bits per heavy atom. The molecule has 128 valence electrons. The zero-order valence-electron chi connectivity index (χ0n) is 14.9. The lowest BCUT2D eigenvalue weighted by atomic mass is 9.77. The van der Waals surface area contributed by atoms with Gasteiger partial charge in [-0.25, -0.2) is 4.79 Å². The van der Waals surface area contributed by atoms with Crippen molar-refractivity contribution in [3.8, 4) is 5.75 Å². The van der Waals surface area contributed by atoms with Gasteiger partial charge in [-0.05, 0) is 39.3 Å². The molecule has 0 unspecified atom stereocenters. The number of hydrogen-bond acceptors (Lipinski definition) is 4. The third-order valence-corrected chi connectivity index (χ3v) is 4.44. The monoisotopic (exact) mass is 328 g/mol. The Bertz CT molecular complexity index is 856. The minimum Gasteiger partial charge on any atom is -0.463 e. The van der Waals surface area contributed by atoms with E-state index in [1.165, 1.54) is 0 Å². The Hall–Kier alpha value is -2.07. The molecule has 3 rings (SSSR count). The number of benzene rings is 1. The number of rotatable bonds is 2. The SMILES string of the molecule is C=C[C@]1(C)C[C@H](OC(C)(C)C)Oc2c1c(=O)oc1cccc(C)c21. The van der Waals surface area contributed by atoms with Gasteiger partial charge in [-0.1, -0.05) is 25.1 Å². The number of hydrogen-bond donors (Lipinski definition) is 0. The van der Waals surface area contributed by atoms with Crippen molar-refractivity contribution in [2.24, 2.45) is 0 Å². The van der Waals surface area contributed by atoms with Crippen molar-refractivity contribution in [3.05, 3.63) is 52.4 Å². The van der Waals surface area contributed by atoms with Crippen molar-refractivity contribution >= 4 is 11.0 Å². The molecule has 2 heterocycles. The van der Waals surface area contributed by atoms with Crippen molar-refractivity contribution in [1.29, 1.82) is 0 Å². The van der Waals surface area contributed by atoms with Crippen LogP contribution in [0.3, 0.4) is 0 Å². The smallest absolute Gasteiger partial charge is 0.344 e. The van der Waals surface area contributed by atoms with Gasteiger partial charge < -0.3 is 13.9 Å². The van der Waals surface area contributed by atoms with Gasteiger partial charge in [-0.2, -0.15) is 0 Å². The summed E-state index contributed by atoms with van der Waals surface area (Å²) in [4.78, 5) is 12.6. The van der Waals surface area contributed by atoms with Crippen LogP contribution in [0.4, 0.5) is 0 Å². The molecule has 0 spiro atoms. The average molecular weight is 328 g/mol. The van der Waals surface area contributed by atoms with E-state index in [1.807, 2.05) is 46.8 Å². The predicted octanol–water partition coefficient (Wildman–Crippen LogP) is 4.47. The zero-order chi connectivity index (χ0) is 17.7. The second-order valence-electron chi connectivity index (χ2n) is 7.65. The molecule has 0 bridgehead atoms. The molecule has 1 aromatic heterocycles. The Morgan fingerprint density at radius 2 is 2.08 bits per heavy atom. The van der Waals surface area contributed by atoms with Gasteiger partial charge in [0.05, 0.1) is 16.6 Å². The molecule has 0 N–H and O–H groups in total. The Kier molecular flexibility index (Phi) is 3.83. The summed E-state index contributed by atoms with van der Waals surface area (Å²) in [6, 6.07) is 5.63. The van der Waals surface area contributed by atoms with Crippen LogP contribution < -0.4 is 10.4 Å². The summed E-state index contributed by atoms with van der Waals surface area (Å²) in [5.41, 5.74) is 0.749. The highest BCUT2D eigenvalue weighted by molar-refractivity contribution is 5.88. The molecule has 0 saturated heterocycles. The molecule has 4 heteroatoms. The fourth-order valence-electron chi connectivity index (χ4n) is 3.26. The standard InChI is InChI=1S/C20H24O4/c1-7-20(6)11-14(24-19(3,4)5)23-17-15-12(2)9-8-10-13(15)22-18(21)16(17)20/h7-10,14H,1,11H2,2-6H3/t14-,20+/m0/s1. The normalized spacial score (nSPS) is 23.6. The number of fused-ring (bicyclic) bond motifs is 3. The fraction of sp³-hybridized carbons (Fsp3) is 0.450. The third kappa shape index (κ3) is 2.75. The molecule has 0 saturated carbocycles. The molecular formula is C20H24O4. The first-order valence-corrected chi connectivity index (χ1v) is 8.19. The van der Waals surface area contributed by atoms with Crippen molar-refractivity contribution in [3.63, 3.8) is 0 Å². The van der Waals surface area contributed by atoms with Crippen molar-refractivity contribution in [2.45, 2.75) is 58.3 Å². The molecule has 24 heavy (non-hydrogen) atoms. The summed E-state index contributed by atoms with van der Waals surface area (Å²) in [7, 11) is 0. The van der Waals surface area contributed by atoms with Crippen LogP contribution in [-0.4, -0.2) is 11.9 Å². The van der Waals surface area contributed by atoms with Gasteiger partial charge in [0.25, 0.3) is 0 Å². The van der Waals surface area contributed by atoms with Crippen LogP contribution in [0.5, 0.6) is 5.75 Å². The number of allylic oxidation sites excluding steroid dienone is 1. The van der Waals surface area contributed by atoms with Gasteiger partial charge in [0.2, 0.25) is 6.29 Å². The van der Waals surface area contributed by atoms with Gasteiger partial charge >= 0.3 is 5.63 Å². The minimum absolute atomic E-state index is 0.353. The van der Waals surface area contributed by atoms with Gasteiger partial charge in [0.15, 0.2) is 0 Å². The molecule has 0 amide bonds. The van der Waals surface area contributed by atoms with E-state index in [-0.39, 0.29) is 11.2 Å². The summed E-state index contributed by atoms with van der Waals surface area (Å²) in [5.74, 6) is 0.558. The predicted molar refractivity (Wildman–Crippen MR) is 94.6 cm³/mol. The molecule has 2 aromatic rings. The van der Waals surface area contributed by atoms with E-state index in [1.54, 1.807) is 12.1 Å². The topological polar surface area (TPSA) is 48.7 Å². The second-order valence-corrected chi connectivity index (χ2v) is 7.65. The van der Waals surface area contributed by atoms with Crippen molar-refractivity contribution < 1.29 is 13.9 Å². The molecule has 4 nitrogen and oxygen atoms in total. The first-order valence-electron chi connectivity index (χ1n) is 8.19. The van der Waals surface area contributed by atoms with E-state index >= 15 is 0 Å². The Balaban J connectivity index is 2.28. The lowest BCUT2D eigenvalue weighted by Crippen LogP contribution is -2.43. The summed E-state index contributed by atoms with van der Waals surface area (Å²) in [5, 5.41) is 0.822. The minimum atomic E-state index is -0.569. The van der Waals surface area contributed by atoms with Gasteiger partial charge in [0, 0.05) is 11.8 Å². The van der Waals surface area contributed by atoms with Crippen LogP contribution in [0.2, 0.25) is 0 Å². The van der Waals surface area contributed by atoms with Crippen LogP contribution >= 0.6 is 0 Å². The lowest BCUT2D eigenvalue weighted by Gasteiger charge is -2.39. The molecule has 1 aliphatic rings. The van der Waals surface area contributed by atoms with Crippen molar-refractivity contribution in [2.75, 3.05) is 0 Å². The van der Waals surface area contributed by atoms with E-state index in [9.17, 15) is 4.79 Å². The summed E-state index contributed by atoms with van der Waals surface area (Å²) in [6.45, 7) is 13.8. The highest BCUT2D eigenvalue weighted by Gasteiger charge is 2.42. The molecule has 2 atom stereocenters. The molecule has 1 aliphatic heterocycles. The zero-order valence-corrected chi connectivity index (χ0v) is 14.9. The number of ether oxygens (including phenoxy) is 2. The van der Waals surface area contributed by atoms with Crippen molar-refractivity contribution in [1.82, 2.24) is 0 Å². The van der Waals surface area contributed by atoms with E-state index in [2.05, 4.69) is 6.58 Å². The average Bonchev–Trinajstić information content (AvgIpc) is 2.44. The lowest BCUT2D eigenvalue weighted by molar-refractivity contribution is -0.164. The molecule has 0 aliphatic carbocycles. The van der Waals surface area contributed by atoms with Crippen LogP contribution in [0, 0.1) is 6.92 Å². The van der Waals surface area contributed by atoms with Gasteiger partial charge in [0.1, 0.15) is 11.3 Å². The molecule has 1 aromatic carbocycles. The summed E-state index contributed by atoms with van der Waals surface area (Å²) >= 11 is 0. The first kappa shape index (κ1) is 16.8. The molecular weight excluding hydrogens is 304 g/mol. The third-order valence-electron chi connectivity index (χ3n) is 4.44. The quantitative estimate of drug-likeness (QED) is 0.603. The maximum absolute atomic E-state index is 12.6. The highest BCUT2D eigenvalue weighted by atomic mass is 16.7. The highest BCUT2D eigenvalue weighted by Crippen LogP contribution is 2.45. The van der Waals surface area contributed by atoms with Gasteiger partial charge in [-0.3, -0.25) is 0 Å². The first-order chi connectivity index (χ1) is 11.1. The fourth-order valence-corrected chi connectivity index (χ4v) is 3.26. The summed E-state index contributed by atoms with van der Waals surface area (Å²) < 4.78 is 17.8. The van der Waals surface area contributed by atoms with E-state index < -0.39 is 11.7 Å². The Labute approximate surface area is 142 Å². The maximum Gasteiger partial charge on any atom is 0.344 e. The van der Waals surface area contributed by atoms with Crippen LogP contribution in [0.25, 0.3) is 11.0 Å². The van der Waals surface area contributed by atoms with Crippen LogP contribution in [-0.2, 0) is 10.2 Å². The molecule has 0 fully saturated rings. The van der Waals surface area contributed by atoms with E-state index in [0.717, 1.165) is 10.9 Å². The maximum atomic E-state index is 12.6. The van der Waals surface area contributed by atoms with Crippen LogP contribution in [0.1, 0.15) is 45.2 Å². The van der Waals surface area contributed by atoms with E-state index in [4.69, 9.17) is 13.9 Å².